The van der Waals surface area contributed by atoms with Crippen molar-refractivity contribution in [2.75, 3.05) is 19.6 Å². The van der Waals surface area contributed by atoms with Crippen LogP contribution in [0.15, 0.2) is 23.3 Å². The van der Waals surface area contributed by atoms with Crippen LogP contribution in [-0.4, -0.2) is 41.5 Å². The van der Waals surface area contributed by atoms with Gasteiger partial charge in [0.2, 0.25) is 0 Å². The number of rotatable bonds is 5. The van der Waals surface area contributed by atoms with E-state index in [1.807, 2.05) is 0 Å². The molecule has 1 unspecified atom stereocenters. The van der Waals surface area contributed by atoms with Crippen LogP contribution < -0.4 is 11.1 Å². The minimum atomic E-state index is -0.350. The molecule has 2 heterocycles. The quantitative estimate of drug-likeness (QED) is 0.626. The van der Waals surface area contributed by atoms with Gasteiger partial charge in [-0.25, -0.2) is 9.38 Å². The van der Waals surface area contributed by atoms with Crippen LogP contribution in [0, 0.1) is 5.82 Å². The topological polar surface area (TPSA) is 66.5 Å². The maximum Gasteiger partial charge on any atom is 0.189 e. The average Bonchev–Trinajstić information content (AvgIpc) is 2.91. The van der Waals surface area contributed by atoms with Gasteiger partial charge in [0.1, 0.15) is 5.82 Å². The molecular formula is C14H22FN5. The lowest BCUT2D eigenvalue weighted by Gasteiger charge is -2.23. The molecule has 20 heavy (non-hydrogen) atoms. The summed E-state index contributed by atoms with van der Waals surface area (Å²) in [6.07, 6.45) is 3.97. The molecule has 1 saturated heterocycles. The Labute approximate surface area is 119 Å². The Morgan fingerprint density at radius 1 is 1.65 bits per heavy atom. The summed E-state index contributed by atoms with van der Waals surface area (Å²) >= 11 is 0. The Balaban J connectivity index is 1.81. The van der Waals surface area contributed by atoms with Crippen molar-refractivity contribution in [2.24, 2.45) is 10.7 Å². The summed E-state index contributed by atoms with van der Waals surface area (Å²) in [4.78, 5) is 10.5. The smallest absolute Gasteiger partial charge is 0.189 e. The summed E-state index contributed by atoms with van der Waals surface area (Å²) in [5.41, 5.74) is 6.12. The number of pyridine rings is 1. The second kappa shape index (κ2) is 7.19. The first-order valence-electron chi connectivity index (χ1n) is 7.08. The molecule has 6 heteroatoms. The van der Waals surface area contributed by atoms with Crippen LogP contribution in [0.1, 0.15) is 25.5 Å². The lowest BCUT2D eigenvalue weighted by atomic mass is 10.2. The summed E-state index contributed by atoms with van der Waals surface area (Å²) in [5.74, 6) is -0.00462. The third-order valence-electron chi connectivity index (χ3n) is 3.66. The molecule has 1 fully saturated rings. The molecule has 1 aliphatic heterocycles. The molecule has 1 aromatic rings. The van der Waals surface area contributed by atoms with Crippen LogP contribution in [0.25, 0.3) is 0 Å². The Morgan fingerprint density at radius 2 is 2.50 bits per heavy atom. The molecule has 5 nitrogen and oxygen atoms in total. The van der Waals surface area contributed by atoms with Gasteiger partial charge in [0.05, 0.1) is 12.2 Å². The highest BCUT2D eigenvalue weighted by Gasteiger charge is 2.22. The minimum Gasteiger partial charge on any atom is -0.370 e. The summed E-state index contributed by atoms with van der Waals surface area (Å²) in [5, 5.41) is 3.11. The van der Waals surface area contributed by atoms with E-state index < -0.39 is 0 Å². The molecule has 1 atom stereocenters. The van der Waals surface area contributed by atoms with Gasteiger partial charge >= 0.3 is 0 Å². The molecule has 2 rings (SSSR count). The van der Waals surface area contributed by atoms with Gasteiger partial charge in [0.25, 0.3) is 0 Å². The third kappa shape index (κ3) is 3.90. The van der Waals surface area contributed by atoms with Crippen molar-refractivity contribution in [2.45, 2.75) is 32.4 Å². The molecule has 1 aliphatic rings. The van der Waals surface area contributed by atoms with E-state index in [2.05, 4.69) is 27.1 Å². The molecule has 0 amide bonds. The van der Waals surface area contributed by atoms with Crippen LogP contribution in [0.3, 0.4) is 0 Å². The number of hydrogen-bond acceptors (Lipinski definition) is 3. The Kier molecular flexibility index (Phi) is 5.29. The van der Waals surface area contributed by atoms with Gasteiger partial charge in [0, 0.05) is 18.8 Å². The number of aliphatic imine (C=N–C) groups is 1. The fourth-order valence-electron chi connectivity index (χ4n) is 2.52. The first kappa shape index (κ1) is 14.7. The number of nitrogens with zero attached hydrogens (tertiary/aromatic N) is 3. The summed E-state index contributed by atoms with van der Waals surface area (Å²) < 4.78 is 13.4. The van der Waals surface area contributed by atoms with E-state index in [-0.39, 0.29) is 12.4 Å². The Hall–Kier alpha value is -1.69. The summed E-state index contributed by atoms with van der Waals surface area (Å²) in [6, 6.07) is 3.45. The number of likely N-dealkylation sites (N-methyl/N-ethyl adjacent to an activating group) is 1. The molecule has 0 aromatic carbocycles. The lowest BCUT2D eigenvalue weighted by Crippen LogP contribution is -2.42. The third-order valence-corrected chi connectivity index (χ3v) is 3.66. The van der Waals surface area contributed by atoms with Gasteiger partial charge < -0.3 is 11.1 Å². The molecular weight excluding hydrogens is 257 g/mol. The molecule has 0 bridgehead atoms. The van der Waals surface area contributed by atoms with Crippen molar-refractivity contribution in [1.29, 1.82) is 0 Å². The van der Waals surface area contributed by atoms with E-state index in [4.69, 9.17) is 5.73 Å². The maximum absolute atomic E-state index is 13.4. The van der Waals surface area contributed by atoms with Crippen molar-refractivity contribution in [3.05, 3.63) is 29.8 Å². The van der Waals surface area contributed by atoms with Crippen LogP contribution >= 0.6 is 0 Å². The monoisotopic (exact) mass is 279 g/mol. The van der Waals surface area contributed by atoms with E-state index in [1.54, 1.807) is 12.3 Å². The highest BCUT2D eigenvalue weighted by Crippen LogP contribution is 2.15. The number of nitrogens with one attached hydrogen (secondary N) is 1. The van der Waals surface area contributed by atoms with Crippen molar-refractivity contribution in [1.82, 2.24) is 15.2 Å². The zero-order valence-electron chi connectivity index (χ0n) is 11.8. The number of nitrogens with two attached hydrogens (primary N) is 1. The second-order valence-electron chi connectivity index (χ2n) is 4.94. The normalized spacial score (nSPS) is 20.3. The maximum atomic E-state index is 13.4. The van der Waals surface area contributed by atoms with Crippen molar-refractivity contribution in [3.8, 4) is 0 Å². The van der Waals surface area contributed by atoms with E-state index in [9.17, 15) is 4.39 Å². The summed E-state index contributed by atoms with van der Waals surface area (Å²) in [7, 11) is 0. The number of likely N-dealkylation sites (tertiary alicyclic amines) is 1. The van der Waals surface area contributed by atoms with Crippen molar-refractivity contribution in [3.63, 3.8) is 0 Å². The fraction of sp³-hybridized carbons (Fsp3) is 0.571. The van der Waals surface area contributed by atoms with Crippen LogP contribution in [0.2, 0.25) is 0 Å². The SMILES string of the molecule is CCN1CCCC1CNC(N)=NCc1ncccc1F. The fourth-order valence-corrected chi connectivity index (χ4v) is 2.52. The van der Waals surface area contributed by atoms with Gasteiger partial charge in [-0.15, -0.1) is 0 Å². The Bertz CT molecular complexity index is 463. The van der Waals surface area contributed by atoms with Gasteiger partial charge in [-0.05, 0) is 38.1 Å². The Morgan fingerprint density at radius 3 is 3.25 bits per heavy atom. The molecule has 110 valence electrons. The van der Waals surface area contributed by atoms with Crippen LogP contribution in [0.4, 0.5) is 4.39 Å². The van der Waals surface area contributed by atoms with Crippen molar-refractivity contribution < 1.29 is 4.39 Å². The first-order valence-corrected chi connectivity index (χ1v) is 7.08. The van der Waals surface area contributed by atoms with Crippen LogP contribution in [0.5, 0.6) is 0 Å². The van der Waals surface area contributed by atoms with E-state index in [1.165, 1.54) is 18.9 Å². The highest BCUT2D eigenvalue weighted by atomic mass is 19.1. The minimum absolute atomic E-state index is 0.160. The van der Waals surface area contributed by atoms with Gasteiger partial charge in [-0.2, -0.15) is 0 Å². The second-order valence-corrected chi connectivity index (χ2v) is 4.94. The van der Waals surface area contributed by atoms with E-state index in [0.29, 0.717) is 17.7 Å². The van der Waals surface area contributed by atoms with Gasteiger partial charge in [-0.1, -0.05) is 6.92 Å². The molecule has 0 saturated carbocycles. The van der Waals surface area contributed by atoms with Crippen LogP contribution in [-0.2, 0) is 6.54 Å². The zero-order chi connectivity index (χ0) is 14.4. The predicted octanol–water partition coefficient (Wildman–Crippen LogP) is 1.11. The number of hydrogen-bond donors (Lipinski definition) is 2. The first-order chi connectivity index (χ1) is 9.70. The van der Waals surface area contributed by atoms with Crippen molar-refractivity contribution >= 4 is 5.96 Å². The number of halogens is 1. The van der Waals surface area contributed by atoms with Gasteiger partial charge in [0.15, 0.2) is 5.96 Å². The molecule has 0 radical (unpaired) electrons. The van der Waals surface area contributed by atoms with E-state index >= 15 is 0 Å². The zero-order valence-corrected chi connectivity index (χ0v) is 11.8. The predicted molar refractivity (Wildman–Crippen MR) is 77.8 cm³/mol. The number of guanidine groups is 1. The van der Waals surface area contributed by atoms with E-state index in [0.717, 1.165) is 19.6 Å². The standard InChI is InChI=1S/C14H22FN5/c1-2-20-8-4-5-11(20)9-18-14(16)19-10-13-12(15)6-3-7-17-13/h3,6-7,11H,2,4-5,8-10H2,1H3,(H3,16,18,19). The largest absolute Gasteiger partial charge is 0.370 e. The molecule has 0 spiro atoms. The summed E-state index contributed by atoms with van der Waals surface area (Å²) in [6.45, 7) is 5.32. The lowest BCUT2D eigenvalue weighted by molar-refractivity contribution is 0.267. The molecule has 3 N–H and O–H groups in total. The highest BCUT2D eigenvalue weighted by molar-refractivity contribution is 5.77. The average molecular weight is 279 g/mol. The molecule has 1 aromatic heterocycles. The molecule has 0 aliphatic carbocycles. The van der Waals surface area contributed by atoms with Gasteiger partial charge in [-0.3, -0.25) is 9.88 Å². The number of aromatic nitrogens is 1.